The Morgan fingerprint density at radius 2 is 1.97 bits per heavy atom. The Kier molecular flexibility index (Phi) is 6.33. The number of nitrogens with one attached hydrogen (secondary N) is 1. The first-order chi connectivity index (χ1) is 15.1. The second-order valence-corrected chi connectivity index (χ2v) is 7.33. The van der Waals surface area contributed by atoms with Crippen LogP contribution in [-0.4, -0.2) is 39.1 Å². The van der Waals surface area contributed by atoms with Gasteiger partial charge in [-0.1, -0.05) is 30.3 Å². The molecule has 0 saturated carbocycles. The molecule has 0 aliphatic carbocycles. The fraction of sp³-hybridized carbons (Fsp3) is 0.250. The number of para-hydroxylation sites is 1. The lowest BCUT2D eigenvalue weighted by molar-refractivity contribution is 0.0690. The van der Waals surface area contributed by atoms with E-state index in [1.807, 2.05) is 49.5 Å². The van der Waals surface area contributed by atoms with Crippen LogP contribution in [0.1, 0.15) is 34.4 Å². The van der Waals surface area contributed by atoms with E-state index in [1.54, 1.807) is 0 Å². The average molecular weight is 419 g/mol. The summed E-state index contributed by atoms with van der Waals surface area (Å²) < 4.78 is 10.9. The average Bonchev–Trinajstić information content (AvgIpc) is 3.41. The van der Waals surface area contributed by atoms with E-state index in [4.69, 9.17) is 14.3 Å². The van der Waals surface area contributed by atoms with Gasteiger partial charge in [0.2, 0.25) is 5.89 Å². The van der Waals surface area contributed by atoms with Gasteiger partial charge >= 0.3 is 5.97 Å². The summed E-state index contributed by atoms with van der Waals surface area (Å²) >= 11 is 0. The molecular formula is C24H25N3O4. The third-order valence-corrected chi connectivity index (χ3v) is 5.14. The van der Waals surface area contributed by atoms with Crippen molar-refractivity contribution in [1.29, 1.82) is 0 Å². The van der Waals surface area contributed by atoms with Gasteiger partial charge in [-0.25, -0.2) is 9.78 Å². The van der Waals surface area contributed by atoms with Crippen LogP contribution in [0.25, 0.3) is 10.9 Å². The number of nitrogens with zero attached hydrogens (tertiary/aromatic N) is 2. The number of carbonyl (C=O) groups is 1. The molecule has 0 aliphatic heterocycles. The van der Waals surface area contributed by atoms with Crippen molar-refractivity contribution in [3.8, 4) is 5.75 Å². The van der Waals surface area contributed by atoms with Gasteiger partial charge in [0, 0.05) is 30.2 Å². The lowest BCUT2D eigenvalue weighted by atomic mass is 10.1. The van der Waals surface area contributed by atoms with Crippen LogP contribution in [0.2, 0.25) is 0 Å². The zero-order valence-corrected chi connectivity index (χ0v) is 17.4. The molecule has 0 fully saturated rings. The molecule has 160 valence electrons. The van der Waals surface area contributed by atoms with Crippen molar-refractivity contribution >= 4 is 16.9 Å². The number of hydrogen-bond acceptors (Lipinski definition) is 5. The minimum atomic E-state index is -1.09. The third-order valence-electron chi connectivity index (χ3n) is 5.14. The Hall–Kier alpha value is -3.58. The Balaban J connectivity index is 1.50. The summed E-state index contributed by atoms with van der Waals surface area (Å²) in [7, 11) is 0. The fourth-order valence-corrected chi connectivity index (χ4v) is 3.62. The van der Waals surface area contributed by atoms with Crippen molar-refractivity contribution in [3.05, 3.63) is 83.7 Å². The van der Waals surface area contributed by atoms with Crippen LogP contribution in [-0.2, 0) is 19.5 Å². The van der Waals surface area contributed by atoms with Gasteiger partial charge in [-0.2, -0.15) is 0 Å². The summed E-state index contributed by atoms with van der Waals surface area (Å²) in [5.41, 5.74) is 3.42. The third kappa shape index (κ3) is 5.13. The van der Waals surface area contributed by atoms with E-state index in [1.165, 1.54) is 17.2 Å². The van der Waals surface area contributed by atoms with Crippen LogP contribution in [0, 0.1) is 0 Å². The van der Waals surface area contributed by atoms with Gasteiger partial charge < -0.3 is 19.2 Å². The maximum absolute atomic E-state index is 11.1. The molecule has 2 heterocycles. The Bertz CT molecular complexity index is 1150. The van der Waals surface area contributed by atoms with Gasteiger partial charge in [-0.05, 0) is 42.7 Å². The molecule has 0 saturated heterocycles. The second-order valence-electron chi connectivity index (χ2n) is 7.33. The van der Waals surface area contributed by atoms with Gasteiger partial charge in [0.1, 0.15) is 12.0 Å². The summed E-state index contributed by atoms with van der Waals surface area (Å²) in [6, 6.07) is 16.3. The maximum Gasteiger partial charge on any atom is 0.357 e. The highest BCUT2D eigenvalue weighted by atomic mass is 16.5. The SMILES string of the molecule is CCOc1ccc(CN(CCc2c[nH]c3ccccc23)Cc2nc(C(=O)O)co2)cc1. The van der Waals surface area contributed by atoms with E-state index in [0.29, 0.717) is 25.6 Å². The van der Waals surface area contributed by atoms with Gasteiger partial charge in [-0.3, -0.25) is 4.90 Å². The zero-order valence-electron chi connectivity index (χ0n) is 17.4. The number of hydrogen-bond donors (Lipinski definition) is 2. The summed E-state index contributed by atoms with van der Waals surface area (Å²) in [4.78, 5) is 20.7. The summed E-state index contributed by atoms with van der Waals surface area (Å²) in [6.07, 6.45) is 4.08. The normalized spacial score (nSPS) is 11.3. The molecule has 0 aliphatic rings. The number of oxazole rings is 1. The van der Waals surface area contributed by atoms with Crippen molar-refractivity contribution < 1.29 is 19.1 Å². The van der Waals surface area contributed by atoms with Crippen LogP contribution in [0.4, 0.5) is 0 Å². The minimum Gasteiger partial charge on any atom is -0.494 e. The topological polar surface area (TPSA) is 91.6 Å². The smallest absolute Gasteiger partial charge is 0.357 e. The number of aromatic nitrogens is 2. The van der Waals surface area contributed by atoms with Gasteiger partial charge in [0.25, 0.3) is 0 Å². The number of carboxylic acid groups (broad SMARTS) is 1. The molecule has 0 radical (unpaired) electrons. The summed E-state index contributed by atoms with van der Waals surface area (Å²) in [6.45, 7) is 4.45. The van der Waals surface area contributed by atoms with Crippen LogP contribution in [0.15, 0.2) is 65.4 Å². The number of ether oxygens (including phenoxy) is 1. The van der Waals surface area contributed by atoms with Gasteiger partial charge in [0.15, 0.2) is 5.69 Å². The van der Waals surface area contributed by atoms with Crippen molar-refractivity contribution in [2.45, 2.75) is 26.4 Å². The number of H-pyrrole nitrogens is 1. The molecule has 7 heteroatoms. The number of carboxylic acids is 1. The minimum absolute atomic E-state index is 0.0763. The highest BCUT2D eigenvalue weighted by Gasteiger charge is 2.15. The number of benzene rings is 2. The van der Waals surface area contributed by atoms with E-state index >= 15 is 0 Å². The van der Waals surface area contributed by atoms with E-state index in [9.17, 15) is 4.79 Å². The Labute approximate surface area is 180 Å². The fourth-order valence-electron chi connectivity index (χ4n) is 3.62. The summed E-state index contributed by atoms with van der Waals surface area (Å²) in [5.74, 6) is 0.143. The monoisotopic (exact) mass is 419 g/mol. The number of aromatic carboxylic acids is 1. The van der Waals surface area contributed by atoms with Crippen molar-refractivity contribution in [2.24, 2.45) is 0 Å². The zero-order chi connectivity index (χ0) is 21.6. The van der Waals surface area contributed by atoms with Gasteiger partial charge in [0.05, 0.1) is 13.2 Å². The van der Waals surface area contributed by atoms with Crippen LogP contribution in [0.3, 0.4) is 0 Å². The predicted molar refractivity (Wildman–Crippen MR) is 117 cm³/mol. The van der Waals surface area contributed by atoms with Crippen LogP contribution >= 0.6 is 0 Å². The first kappa shape index (κ1) is 20.7. The standard InChI is InChI=1S/C24H25N3O4/c1-2-30-19-9-7-17(8-10-19)14-27(15-23-26-22(16-31-23)24(28)29)12-11-18-13-25-21-6-4-3-5-20(18)21/h3-10,13,16,25H,2,11-12,14-15H2,1H3,(H,28,29). The van der Waals surface area contributed by atoms with Crippen LogP contribution in [0.5, 0.6) is 5.75 Å². The Morgan fingerprint density at radius 1 is 1.16 bits per heavy atom. The lowest BCUT2D eigenvalue weighted by Crippen LogP contribution is -2.25. The van der Waals surface area contributed by atoms with Crippen molar-refractivity contribution in [2.75, 3.05) is 13.2 Å². The van der Waals surface area contributed by atoms with Crippen LogP contribution < -0.4 is 4.74 Å². The first-order valence-electron chi connectivity index (χ1n) is 10.3. The molecule has 7 nitrogen and oxygen atoms in total. The van der Waals surface area contributed by atoms with Crippen molar-refractivity contribution in [3.63, 3.8) is 0 Å². The molecule has 2 N–H and O–H groups in total. The maximum atomic E-state index is 11.1. The lowest BCUT2D eigenvalue weighted by Gasteiger charge is -2.21. The predicted octanol–water partition coefficient (Wildman–Crippen LogP) is 4.50. The molecule has 31 heavy (non-hydrogen) atoms. The number of rotatable bonds is 10. The highest BCUT2D eigenvalue weighted by molar-refractivity contribution is 5.84. The number of aromatic amines is 1. The molecule has 2 aromatic carbocycles. The van der Waals surface area contributed by atoms with E-state index in [2.05, 4.69) is 27.0 Å². The molecule has 0 atom stereocenters. The Morgan fingerprint density at radius 3 is 2.71 bits per heavy atom. The molecular weight excluding hydrogens is 394 g/mol. The summed E-state index contributed by atoms with van der Waals surface area (Å²) in [5, 5.41) is 10.3. The van der Waals surface area contributed by atoms with E-state index in [-0.39, 0.29) is 5.69 Å². The molecule has 2 aromatic heterocycles. The van der Waals surface area contributed by atoms with E-state index in [0.717, 1.165) is 29.8 Å². The molecule has 4 aromatic rings. The largest absolute Gasteiger partial charge is 0.494 e. The molecule has 0 bridgehead atoms. The molecule has 4 rings (SSSR count). The molecule has 0 spiro atoms. The quantitative estimate of drug-likeness (QED) is 0.393. The number of fused-ring (bicyclic) bond motifs is 1. The first-order valence-corrected chi connectivity index (χ1v) is 10.3. The van der Waals surface area contributed by atoms with Crippen molar-refractivity contribution in [1.82, 2.24) is 14.9 Å². The highest BCUT2D eigenvalue weighted by Crippen LogP contribution is 2.20. The van der Waals surface area contributed by atoms with Gasteiger partial charge in [-0.15, -0.1) is 0 Å². The van der Waals surface area contributed by atoms with E-state index < -0.39 is 5.97 Å². The molecule has 0 unspecified atom stereocenters. The second kappa shape index (κ2) is 9.49. The molecule has 0 amide bonds.